The van der Waals surface area contributed by atoms with Gasteiger partial charge in [0.05, 0.1) is 0 Å². The second-order valence-electron chi connectivity index (χ2n) is 23.8. The number of hydrogen-bond donors (Lipinski definition) is 0. The van der Waals surface area contributed by atoms with E-state index in [9.17, 15) is 14.4 Å². The van der Waals surface area contributed by atoms with Gasteiger partial charge in [0.25, 0.3) is 0 Å². The van der Waals surface area contributed by atoms with E-state index in [-0.39, 0.29) is 31.1 Å². The van der Waals surface area contributed by atoms with Gasteiger partial charge in [0.15, 0.2) is 6.10 Å². The van der Waals surface area contributed by atoms with Crippen molar-refractivity contribution in [3.05, 3.63) is 97.2 Å². The van der Waals surface area contributed by atoms with Crippen LogP contribution in [0.2, 0.25) is 0 Å². The molecule has 0 bridgehead atoms. The third kappa shape index (κ3) is 69.0. The molecule has 6 heteroatoms. The fraction of sp³-hybridized carbons (Fsp3) is 0.753. The van der Waals surface area contributed by atoms with Gasteiger partial charge in [0, 0.05) is 19.3 Å². The minimum absolute atomic E-state index is 0.0831. The smallest absolute Gasteiger partial charge is 0.306 e. The lowest BCUT2D eigenvalue weighted by Crippen LogP contribution is -2.30. The maximum absolute atomic E-state index is 12.9. The summed E-state index contributed by atoms with van der Waals surface area (Å²) in [6.07, 6.45) is 96.5. The maximum atomic E-state index is 12.9. The lowest BCUT2D eigenvalue weighted by atomic mass is 10.0. The number of carbonyl (C=O) groups is 3. The topological polar surface area (TPSA) is 78.9 Å². The normalized spacial score (nSPS) is 12.7. The van der Waals surface area contributed by atoms with Crippen LogP contribution in [-0.2, 0) is 28.6 Å². The van der Waals surface area contributed by atoms with Gasteiger partial charge >= 0.3 is 17.9 Å². The highest BCUT2D eigenvalue weighted by Gasteiger charge is 2.19. The van der Waals surface area contributed by atoms with E-state index in [0.717, 1.165) is 128 Å². The highest BCUT2D eigenvalue weighted by Crippen LogP contribution is 2.18. The van der Waals surface area contributed by atoms with Crippen molar-refractivity contribution in [3.8, 4) is 0 Å². The standard InChI is InChI=1S/C77H134O6/c1-4-7-10-13-15-17-19-21-23-25-27-29-31-33-35-36-37-38-39-40-42-43-45-47-49-51-53-55-57-59-61-64-67-70-76(79)82-73-74(72-81-75(78)69-66-63-12-9-6-3)83-77(80)71-68-65-62-60-58-56-54-52-50-48-46-44-41-34-32-30-28-26-24-22-20-18-16-14-11-8-5-2/h8,11,16,18,22,24-25,27-28,30,34,41,46,48,52,54,74H,4-7,9-10,12-15,17,19-21,23,26,29,31-33,35-40,42-45,47,49-51,53,55-73H2,1-3H3/b11-8-,18-16-,24-22-,27-25-,30-28-,41-34-,48-46-,54-52-. The number of esters is 3. The van der Waals surface area contributed by atoms with Crippen LogP contribution < -0.4 is 0 Å². The first-order chi connectivity index (χ1) is 41.0. The van der Waals surface area contributed by atoms with Crippen LogP contribution in [-0.4, -0.2) is 37.2 Å². The molecule has 0 amide bonds. The van der Waals surface area contributed by atoms with E-state index in [0.29, 0.717) is 19.3 Å². The van der Waals surface area contributed by atoms with Gasteiger partial charge in [0.2, 0.25) is 0 Å². The lowest BCUT2D eigenvalue weighted by Gasteiger charge is -2.18. The Morgan fingerprint density at radius 2 is 0.470 bits per heavy atom. The molecule has 0 heterocycles. The first-order valence-electron chi connectivity index (χ1n) is 35.7. The molecule has 0 N–H and O–H groups in total. The molecule has 0 aromatic carbocycles. The van der Waals surface area contributed by atoms with Crippen LogP contribution in [0.5, 0.6) is 0 Å². The predicted octanol–water partition coefficient (Wildman–Crippen LogP) is 24.8. The first-order valence-corrected chi connectivity index (χ1v) is 35.7. The Hall–Kier alpha value is -3.67. The van der Waals surface area contributed by atoms with Crippen molar-refractivity contribution >= 4 is 17.9 Å². The van der Waals surface area contributed by atoms with Crippen molar-refractivity contribution in [1.82, 2.24) is 0 Å². The number of rotatable bonds is 65. The number of allylic oxidation sites excluding steroid dienone is 16. The number of carbonyl (C=O) groups excluding carboxylic acids is 3. The Morgan fingerprint density at radius 3 is 0.747 bits per heavy atom. The minimum atomic E-state index is -0.785. The number of unbranched alkanes of at least 4 members (excludes halogenated alkanes) is 38. The van der Waals surface area contributed by atoms with Crippen molar-refractivity contribution in [2.75, 3.05) is 13.2 Å². The molecule has 0 aromatic heterocycles. The molecule has 0 fully saturated rings. The van der Waals surface area contributed by atoms with Crippen LogP contribution in [0.3, 0.4) is 0 Å². The van der Waals surface area contributed by atoms with Gasteiger partial charge in [-0.15, -0.1) is 0 Å². The molecule has 0 rings (SSSR count). The van der Waals surface area contributed by atoms with Crippen LogP contribution in [0, 0.1) is 0 Å². The summed E-state index contributed by atoms with van der Waals surface area (Å²) in [5.41, 5.74) is 0. The van der Waals surface area contributed by atoms with Crippen LogP contribution in [0.4, 0.5) is 0 Å². The fourth-order valence-corrected chi connectivity index (χ4v) is 10.2. The first kappa shape index (κ1) is 79.3. The Morgan fingerprint density at radius 1 is 0.253 bits per heavy atom. The molecule has 0 radical (unpaired) electrons. The van der Waals surface area contributed by atoms with Crippen LogP contribution >= 0.6 is 0 Å². The molecular weight excluding hydrogens is 1020 g/mol. The van der Waals surface area contributed by atoms with Crippen molar-refractivity contribution in [2.45, 2.75) is 361 Å². The monoisotopic (exact) mass is 1160 g/mol. The molecule has 83 heavy (non-hydrogen) atoms. The van der Waals surface area contributed by atoms with Crippen LogP contribution in [0.25, 0.3) is 0 Å². The summed E-state index contributed by atoms with van der Waals surface area (Å²) in [7, 11) is 0. The molecule has 0 aliphatic carbocycles. The molecule has 6 nitrogen and oxygen atoms in total. The molecule has 1 atom stereocenters. The van der Waals surface area contributed by atoms with E-state index in [4.69, 9.17) is 14.2 Å². The Kier molecular flexibility index (Phi) is 67.7. The Labute approximate surface area is 515 Å². The summed E-state index contributed by atoms with van der Waals surface area (Å²) in [5.74, 6) is -0.905. The predicted molar refractivity (Wildman–Crippen MR) is 362 cm³/mol. The number of hydrogen-bond acceptors (Lipinski definition) is 6. The van der Waals surface area contributed by atoms with Crippen molar-refractivity contribution in [1.29, 1.82) is 0 Å². The average Bonchev–Trinajstić information content (AvgIpc) is 3.49. The van der Waals surface area contributed by atoms with Crippen molar-refractivity contribution in [3.63, 3.8) is 0 Å². The van der Waals surface area contributed by atoms with E-state index in [1.54, 1.807) is 0 Å². The molecule has 0 aromatic rings. The van der Waals surface area contributed by atoms with Crippen LogP contribution in [0.1, 0.15) is 355 Å². The molecule has 0 spiro atoms. The fourth-order valence-electron chi connectivity index (χ4n) is 10.2. The van der Waals surface area contributed by atoms with E-state index in [1.165, 1.54) is 186 Å². The molecule has 478 valence electrons. The quantitative estimate of drug-likeness (QED) is 0.0261. The van der Waals surface area contributed by atoms with Crippen LogP contribution in [0.15, 0.2) is 97.2 Å². The highest BCUT2D eigenvalue weighted by molar-refractivity contribution is 5.71. The van der Waals surface area contributed by atoms with E-state index < -0.39 is 6.10 Å². The third-order valence-corrected chi connectivity index (χ3v) is 15.6. The second kappa shape index (κ2) is 70.8. The van der Waals surface area contributed by atoms with Gasteiger partial charge in [0.1, 0.15) is 13.2 Å². The van der Waals surface area contributed by atoms with E-state index >= 15 is 0 Å². The molecule has 0 saturated carbocycles. The van der Waals surface area contributed by atoms with Gasteiger partial charge in [-0.2, -0.15) is 0 Å². The zero-order valence-corrected chi connectivity index (χ0v) is 54.9. The highest BCUT2D eigenvalue weighted by atomic mass is 16.6. The lowest BCUT2D eigenvalue weighted by molar-refractivity contribution is -0.167. The van der Waals surface area contributed by atoms with Crippen molar-refractivity contribution < 1.29 is 28.6 Å². The van der Waals surface area contributed by atoms with Gasteiger partial charge < -0.3 is 14.2 Å². The maximum Gasteiger partial charge on any atom is 0.306 e. The molecule has 0 aliphatic heterocycles. The molecule has 0 aliphatic rings. The van der Waals surface area contributed by atoms with E-state index in [2.05, 4.69) is 118 Å². The summed E-state index contributed by atoms with van der Waals surface area (Å²) in [5, 5.41) is 0. The van der Waals surface area contributed by atoms with Crippen molar-refractivity contribution in [2.24, 2.45) is 0 Å². The molecular formula is C77H134O6. The minimum Gasteiger partial charge on any atom is -0.462 e. The summed E-state index contributed by atoms with van der Waals surface area (Å²) in [6, 6.07) is 0. The third-order valence-electron chi connectivity index (χ3n) is 15.6. The zero-order chi connectivity index (χ0) is 59.9. The van der Waals surface area contributed by atoms with Gasteiger partial charge in [-0.3, -0.25) is 14.4 Å². The van der Waals surface area contributed by atoms with Gasteiger partial charge in [-0.25, -0.2) is 0 Å². The number of ether oxygens (including phenoxy) is 3. The second-order valence-corrected chi connectivity index (χ2v) is 23.8. The SMILES string of the molecule is CC/C=C\C/C=C\C/C=C\C/C=C\C/C=C\C/C=C\C/C=C\CCCCCCCC(=O)OC(COC(=O)CCCCCCC)COC(=O)CCCCCCCCCCCCCCCCCCCCCCC/C=C\CCCCCCCCCC. The molecule has 0 saturated heterocycles. The summed E-state index contributed by atoms with van der Waals surface area (Å²) < 4.78 is 16.8. The zero-order valence-electron chi connectivity index (χ0n) is 54.9. The Bertz CT molecular complexity index is 1610. The van der Waals surface area contributed by atoms with Gasteiger partial charge in [-0.05, 0) is 103 Å². The summed E-state index contributed by atoms with van der Waals surface area (Å²) >= 11 is 0. The largest absolute Gasteiger partial charge is 0.462 e. The Balaban J connectivity index is 3.99. The summed E-state index contributed by atoms with van der Waals surface area (Å²) in [6.45, 7) is 6.46. The van der Waals surface area contributed by atoms with E-state index in [1.807, 2.05) is 0 Å². The van der Waals surface area contributed by atoms with Gasteiger partial charge in [-0.1, -0.05) is 330 Å². The molecule has 1 unspecified atom stereocenters. The summed E-state index contributed by atoms with van der Waals surface area (Å²) in [4.78, 5) is 38.0. The average molecular weight is 1160 g/mol.